The Morgan fingerprint density at radius 1 is 1.32 bits per heavy atom. The van der Waals surface area contributed by atoms with Gasteiger partial charge in [0.25, 0.3) is 5.89 Å². The van der Waals surface area contributed by atoms with Crippen molar-refractivity contribution in [3.8, 4) is 11.5 Å². The monoisotopic (exact) mass is 297 g/mol. The molecule has 2 aromatic rings. The molecule has 3 rings (SSSR count). The molecule has 0 spiro atoms. The van der Waals surface area contributed by atoms with Gasteiger partial charge in [-0.05, 0) is 37.6 Å². The zero-order valence-electron chi connectivity index (χ0n) is 10.2. The molecule has 0 saturated carbocycles. The molecule has 4 nitrogen and oxygen atoms in total. The van der Waals surface area contributed by atoms with Gasteiger partial charge in [-0.3, -0.25) is 0 Å². The molecule has 2 heterocycles. The minimum atomic E-state index is 0.317. The fraction of sp³-hybridized carbons (Fsp3) is 0.385. The number of nitrogens with one attached hydrogen (secondary N) is 1. The van der Waals surface area contributed by atoms with Crippen molar-refractivity contribution in [2.45, 2.75) is 18.8 Å². The van der Waals surface area contributed by atoms with Gasteiger partial charge in [-0.15, -0.1) is 0 Å². The number of aromatic nitrogens is 2. The molecule has 0 radical (unpaired) electrons. The van der Waals surface area contributed by atoms with Gasteiger partial charge in [-0.1, -0.05) is 28.4 Å². The van der Waals surface area contributed by atoms with Gasteiger partial charge < -0.3 is 9.84 Å². The molecular weight excluding hydrogens is 285 g/mol. The van der Waals surface area contributed by atoms with E-state index in [1.165, 1.54) is 0 Å². The summed E-state index contributed by atoms with van der Waals surface area (Å²) < 4.78 is 5.31. The molecule has 0 bridgehead atoms. The van der Waals surface area contributed by atoms with Gasteiger partial charge >= 0.3 is 0 Å². The summed E-state index contributed by atoms with van der Waals surface area (Å²) in [7, 11) is 0. The van der Waals surface area contributed by atoms with Crippen LogP contribution in [0.4, 0.5) is 0 Å². The van der Waals surface area contributed by atoms with Crippen molar-refractivity contribution in [1.29, 1.82) is 0 Å². The molecule has 0 amide bonds. The lowest BCUT2D eigenvalue weighted by Gasteiger charge is -2.19. The second-order valence-electron chi connectivity index (χ2n) is 4.63. The molecule has 19 heavy (non-hydrogen) atoms. The topological polar surface area (TPSA) is 51.0 Å². The summed E-state index contributed by atoms with van der Waals surface area (Å²) in [6.45, 7) is 1.96. The predicted octanol–water partition coefficient (Wildman–Crippen LogP) is 3.51. The maximum atomic E-state index is 6.13. The highest BCUT2D eigenvalue weighted by atomic mass is 35.5. The first-order valence-electron chi connectivity index (χ1n) is 6.24. The molecule has 1 atom stereocenters. The van der Waals surface area contributed by atoms with Crippen molar-refractivity contribution in [2.24, 2.45) is 0 Å². The van der Waals surface area contributed by atoms with Crippen LogP contribution in [0, 0.1) is 0 Å². The predicted molar refractivity (Wildman–Crippen MR) is 74.6 cm³/mol. The number of hydrogen-bond donors (Lipinski definition) is 1. The van der Waals surface area contributed by atoms with Crippen LogP contribution in [0.2, 0.25) is 10.0 Å². The van der Waals surface area contributed by atoms with Crippen LogP contribution in [-0.4, -0.2) is 23.2 Å². The Morgan fingerprint density at radius 2 is 2.21 bits per heavy atom. The smallest absolute Gasteiger partial charge is 0.259 e. The maximum Gasteiger partial charge on any atom is 0.259 e. The van der Waals surface area contributed by atoms with Crippen LogP contribution in [-0.2, 0) is 0 Å². The van der Waals surface area contributed by atoms with E-state index in [2.05, 4.69) is 15.5 Å². The Labute approximate surface area is 121 Å². The van der Waals surface area contributed by atoms with Crippen molar-refractivity contribution in [3.05, 3.63) is 34.1 Å². The SMILES string of the molecule is Clc1ccc(-c2nc(C3CCCNC3)no2)c(Cl)c1. The molecule has 100 valence electrons. The quantitative estimate of drug-likeness (QED) is 0.921. The standard InChI is InChI=1S/C13H13Cl2N3O/c14-9-3-4-10(11(15)6-9)13-17-12(18-19-13)8-2-1-5-16-7-8/h3-4,6,8,16H,1-2,5,7H2. The molecule has 1 N–H and O–H groups in total. The zero-order chi connectivity index (χ0) is 13.2. The molecule has 1 fully saturated rings. The van der Waals surface area contributed by atoms with Gasteiger partial charge in [0.1, 0.15) is 0 Å². The summed E-state index contributed by atoms with van der Waals surface area (Å²) >= 11 is 12.0. The highest BCUT2D eigenvalue weighted by Crippen LogP contribution is 2.30. The van der Waals surface area contributed by atoms with Crippen LogP contribution in [0.1, 0.15) is 24.6 Å². The number of rotatable bonds is 2. The van der Waals surface area contributed by atoms with Gasteiger partial charge in [0.05, 0.1) is 10.6 Å². The first-order chi connectivity index (χ1) is 9.24. The normalized spacial score (nSPS) is 19.6. The molecule has 1 aromatic heterocycles. The highest BCUT2D eigenvalue weighted by Gasteiger charge is 2.21. The molecule has 1 aliphatic heterocycles. The molecule has 1 saturated heterocycles. The Hall–Kier alpha value is -1.10. The third-order valence-electron chi connectivity index (χ3n) is 3.27. The first-order valence-corrected chi connectivity index (χ1v) is 6.99. The molecule has 1 aliphatic rings. The largest absolute Gasteiger partial charge is 0.334 e. The van der Waals surface area contributed by atoms with E-state index >= 15 is 0 Å². The lowest BCUT2D eigenvalue weighted by Crippen LogP contribution is -2.28. The van der Waals surface area contributed by atoms with Gasteiger partial charge in [0.2, 0.25) is 0 Å². The Kier molecular flexibility index (Phi) is 3.73. The number of halogens is 2. The fourth-order valence-electron chi connectivity index (χ4n) is 2.25. The van der Waals surface area contributed by atoms with Crippen LogP contribution in [0.15, 0.2) is 22.7 Å². The van der Waals surface area contributed by atoms with E-state index < -0.39 is 0 Å². The van der Waals surface area contributed by atoms with Gasteiger partial charge in [-0.25, -0.2) is 0 Å². The van der Waals surface area contributed by atoms with E-state index in [-0.39, 0.29) is 0 Å². The minimum Gasteiger partial charge on any atom is -0.334 e. The van der Waals surface area contributed by atoms with Crippen molar-refractivity contribution >= 4 is 23.2 Å². The van der Waals surface area contributed by atoms with E-state index in [0.29, 0.717) is 27.4 Å². The summed E-state index contributed by atoms with van der Waals surface area (Å²) in [4.78, 5) is 4.45. The second-order valence-corrected chi connectivity index (χ2v) is 5.47. The second kappa shape index (κ2) is 5.49. The first kappa shape index (κ1) is 12.9. The van der Waals surface area contributed by atoms with Crippen LogP contribution in [0.5, 0.6) is 0 Å². The number of hydrogen-bond acceptors (Lipinski definition) is 4. The van der Waals surface area contributed by atoms with Gasteiger partial charge in [-0.2, -0.15) is 4.98 Å². The van der Waals surface area contributed by atoms with Crippen LogP contribution in [0.3, 0.4) is 0 Å². The summed E-state index contributed by atoms with van der Waals surface area (Å²) in [5, 5.41) is 8.50. The van der Waals surface area contributed by atoms with E-state index in [0.717, 1.165) is 31.8 Å². The van der Waals surface area contributed by atoms with E-state index in [9.17, 15) is 0 Å². The number of benzene rings is 1. The number of piperidine rings is 1. The summed E-state index contributed by atoms with van der Waals surface area (Å²) in [6, 6.07) is 5.22. The Balaban J connectivity index is 1.87. The van der Waals surface area contributed by atoms with Crippen LogP contribution in [0.25, 0.3) is 11.5 Å². The average Bonchev–Trinajstić information content (AvgIpc) is 2.89. The lowest BCUT2D eigenvalue weighted by atomic mass is 9.99. The van der Waals surface area contributed by atoms with E-state index in [4.69, 9.17) is 27.7 Å². The molecule has 6 heteroatoms. The Bertz CT molecular complexity index is 579. The Morgan fingerprint density at radius 3 is 2.95 bits per heavy atom. The minimum absolute atomic E-state index is 0.317. The molecule has 1 unspecified atom stereocenters. The van der Waals surface area contributed by atoms with Gasteiger partial charge in [0, 0.05) is 17.5 Å². The summed E-state index contributed by atoms with van der Waals surface area (Å²) in [5.74, 6) is 1.51. The van der Waals surface area contributed by atoms with E-state index in [1.54, 1.807) is 18.2 Å². The van der Waals surface area contributed by atoms with Gasteiger partial charge in [0.15, 0.2) is 5.82 Å². The summed E-state index contributed by atoms with van der Waals surface area (Å²) in [5.41, 5.74) is 0.716. The van der Waals surface area contributed by atoms with Crippen molar-refractivity contribution in [2.75, 3.05) is 13.1 Å². The maximum absolute atomic E-state index is 6.13. The fourth-order valence-corrected chi connectivity index (χ4v) is 2.73. The average molecular weight is 298 g/mol. The van der Waals surface area contributed by atoms with E-state index in [1.807, 2.05) is 0 Å². The van der Waals surface area contributed by atoms with Crippen molar-refractivity contribution in [3.63, 3.8) is 0 Å². The van der Waals surface area contributed by atoms with Crippen LogP contribution >= 0.6 is 23.2 Å². The van der Waals surface area contributed by atoms with Crippen LogP contribution < -0.4 is 5.32 Å². The number of nitrogens with zero attached hydrogens (tertiary/aromatic N) is 2. The van der Waals surface area contributed by atoms with Crippen molar-refractivity contribution < 1.29 is 4.52 Å². The highest BCUT2D eigenvalue weighted by molar-refractivity contribution is 6.36. The lowest BCUT2D eigenvalue weighted by molar-refractivity contribution is 0.393. The molecule has 0 aliphatic carbocycles. The third-order valence-corrected chi connectivity index (χ3v) is 3.81. The third kappa shape index (κ3) is 2.76. The summed E-state index contributed by atoms with van der Waals surface area (Å²) in [6.07, 6.45) is 2.22. The zero-order valence-corrected chi connectivity index (χ0v) is 11.7. The molecular formula is C13H13Cl2N3O. The van der Waals surface area contributed by atoms with Crippen molar-refractivity contribution in [1.82, 2.24) is 15.5 Å². The molecule has 1 aromatic carbocycles.